The van der Waals surface area contributed by atoms with Crippen LogP contribution in [0.5, 0.6) is 0 Å². The Labute approximate surface area is 111 Å². The Hall–Kier alpha value is -1.13. The lowest BCUT2D eigenvalue weighted by molar-refractivity contribution is 0.0615. The summed E-state index contributed by atoms with van der Waals surface area (Å²) >= 11 is 5.62. The largest absolute Gasteiger partial charge is 0.333 e. The zero-order valence-corrected chi connectivity index (χ0v) is 11.0. The fraction of sp³-hybridized carbons (Fsp3) is 0.462. The first-order valence-corrected chi connectivity index (χ1v) is 6.48. The smallest absolute Gasteiger partial charge is 0.254 e. The zero-order valence-electron chi connectivity index (χ0n) is 10.2. The van der Waals surface area contributed by atoms with Gasteiger partial charge < -0.3 is 10.2 Å². The average Bonchev–Trinajstić information content (AvgIpc) is 2.29. The third-order valence-corrected chi connectivity index (χ3v) is 3.40. The number of rotatable bonds is 4. The van der Waals surface area contributed by atoms with Gasteiger partial charge in [0.1, 0.15) is 5.82 Å². The normalized spacial score (nSPS) is 15.3. The maximum Gasteiger partial charge on any atom is 0.254 e. The van der Waals surface area contributed by atoms with Crippen LogP contribution in [0.2, 0.25) is 5.02 Å². The summed E-state index contributed by atoms with van der Waals surface area (Å²) in [5.74, 6) is -0.676. The monoisotopic (exact) mass is 270 g/mol. The third-order valence-electron chi connectivity index (χ3n) is 3.09. The minimum Gasteiger partial charge on any atom is -0.333 e. The molecule has 3 nitrogen and oxygen atoms in total. The fourth-order valence-electron chi connectivity index (χ4n) is 1.98. The average molecular weight is 271 g/mol. The molecule has 1 saturated heterocycles. The van der Waals surface area contributed by atoms with Crippen LogP contribution in [-0.2, 0) is 0 Å². The Morgan fingerprint density at radius 1 is 1.56 bits per heavy atom. The first-order chi connectivity index (χ1) is 8.63. The number of benzene rings is 1. The van der Waals surface area contributed by atoms with Crippen molar-refractivity contribution < 1.29 is 9.18 Å². The summed E-state index contributed by atoms with van der Waals surface area (Å²) in [6, 6.07) is 4.42. The Balaban J connectivity index is 2.18. The van der Waals surface area contributed by atoms with Crippen LogP contribution in [-0.4, -0.2) is 36.5 Å². The molecule has 0 aromatic heterocycles. The first-order valence-electron chi connectivity index (χ1n) is 6.10. The number of hydrogen-bond donors (Lipinski definition) is 1. The number of nitrogens with zero attached hydrogens (tertiary/aromatic N) is 1. The summed E-state index contributed by atoms with van der Waals surface area (Å²) in [5.41, 5.74) is 0.359. The van der Waals surface area contributed by atoms with E-state index < -0.39 is 5.82 Å². The van der Waals surface area contributed by atoms with Crippen molar-refractivity contribution in [3.05, 3.63) is 34.6 Å². The highest BCUT2D eigenvalue weighted by Crippen LogP contribution is 2.18. The number of nitrogens with one attached hydrogen (secondary N) is 1. The summed E-state index contributed by atoms with van der Waals surface area (Å²) in [6.45, 7) is 4.33. The van der Waals surface area contributed by atoms with E-state index in [-0.39, 0.29) is 17.0 Å². The number of carbonyl (C=O) groups is 1. The van der Waals surface area contributed by atoms with Crippen molar-refractivity contribution in [2.75, 3.05) is 19.6 Å². The van der Waals surface area contributed by atoms with Crippen molar-refractivity contribution in [2.45, 2.75) is 19.4 Å². The molecule has 1 amide bonds. The number of halogens is 2. The topological polar surface area (TPSA) is 32.3 Å². The molecule has 1 aliphatic rings. The second-order valence-electron chi connectivity index (χ2n) is 4.44. The number of hydrogen-bond acceptors (Lipinski definition) is 2. The zero-order chi connectivity index (χ0) is 13.1. The molecular weight excluding hydrogens is 255 g/mol. The summed E-state index contributed by atoms with van der Waals surface area (Å²) in [5, 5.41) is 3.18. The van der Waals surface area contributed by atoms with Gasteiger partial charge in [0.25, 0.3) is 5.91 Å². The van der Waals surface area contributed by atoms with E-state index in [4.69, 9.17) is 11.6 Å². The molecule has 1 N–H and O–H groups in total. The summed E-state index contributed by atoms with van der Waals surface area (Å²) in [4.78, 5) is 14.1. The number of carbonyl (C=O) groups excluding carboxylic acids is 1. The van der Waals surface area contributed by atoms with Crippen molar-refractivity contribution in [1.29, 1.82) is 0 Å². The van der Waals surface area contributed by atoms with E-state index in [1.54, 1.807) is 11.0 Å². The van der Waals surface area contributed by atoms with Crippen molar-refractivity contribution in [3.8, 4) is 0 Å². The highest BCUT2D eigenvalue weighted by atomic mass is 35.5. The van der Waals surface area contributed by atoms with Crippen LogP contribution >= 0.6 is 11.6 Å². The van der Waals surface area contributed by atoms with Crippen LogP contribution in [0.4, 0.5) is 4.39 Å². The van der Waals surface area contributed by atoms with Gasteiger partial charge in [0.2, 0.25) is 0 Å². The summed E-state index contributed by atoms with van der Waals surface area (Å²) < 4.78 is 13.4. The third kappa shape index (κ3) is 2.65. The van der Waals surface area contributed by atoms with Gasteiger partial charge in [0.05, 0.1) is 11.1 Å². The molecule has 1 heterocycles. The van der Waals surface area contributed by atoms with Gasteiger partial charge in [-0.1, -0.05) is 18.5 Å². The molecule has 0 bridgehead atoms. The molecule has 0 radical (unpaired) electrons. The van der Waals surface area contributed by atoms with Crippen molar-refractivity contribution >= 4 is 17.5 Å². The van der Waals surface area contributed by atoms with Gasteiger partial charge >= 0.3 is 0 Å². The summed E-state index contributed by atoms with van der Waals surface area (Å²) in [7, 11) is 0. The van der Waals surface area contributed by atoms with Crippen LogP contribution in [0.25, 0.3) is 0 Å². The minimum atomic E-state index is -0.550. The van der Waals surface area contributed by atoms with Gasteiger partial charge in [-0.15, -0.1) is 0 Å². The van der Waals surface area contributed by atoms with E-state index in [0.717, 1.165) is 19.5 Å². The van der Waals surface area contributed by atoms with Gasteiger partial charge in [0, 0.05) is 25.2 Å². The van der Waals surface area contributed by atoms with E-state index >= 15 is 0 Å². The molecular formula is C13H16ClFN2O. The van der Waals surface area contributed by atoms with Gasteiger partial charge in [-0.3, -0.25) is 4.79 Å². The van der Waals surface area contributed by atoms with Crippen LogP contribution in [0, 0.1) is 5.82 Å². The highest BCUT2D eigenvalue weighted by molar-refractivity contribution is 6.30. The number of amides is 1. The molecule has 98 valence electrons. The molecule has 0 atom stereocenters. The molecule has 1 aliphatic heterocycles. The van der Waals surface area contributed by atoms with E-state index in [1.807, 2.05) is 6.92 Å². The standard InChI is InChI=1S/C13H16ClFN2O/c1-2-5-17(10-7-16-8-10)13(18)9-3-4-11(14)12(15)6-9/h3-4,6,10,16H,2,5,7-8H2,1H3. The lowest BCUT2D eigenvalue weighted by Gasteiger charge is -2.38. The molecule has 0 spiro atoms. The molecule has 0 saturated carbocycles. The molecule has 1 fully saturated rings. The van der Waals surface area contributed by atoms with Gasteiger partial charge in [-0.05, 0) is 24.6 Å². The van der Waals surface area contributed by atoms with Crippen LogP contribution in [0.15, 0.2) is 18.2 Å². The molecule has 1 aromatic carbocycles. The van der Waals surface area contributed by atoms with E-state index in [9.17, 15) is 9.18 Å². The maximum absolute atomic E-state index is 13.4. The van der Waals surface area contributed by atoms with Crippen LogP contribution in [0.1, 0.15) is 23.7 Å². The van der Waals surface area contributed by atoms with E-state index in [2.05, 4.69) is 5.32 Å². The Bertz CT molecular complexity index is 449. The second-order valence-corrected chi connectivity index (χ2v) is 4.85. The van der Waals surface area contributed by atoms with E-state index in [0.29, 0.717) is 12.1 Å². The van der Waals surface area contributed by atoms with Crippen LogP contribution in [0.3, 0.4) is 0 Å². The predicted octanol–water partition coefficient (Wildman–Crippen LogP) is 2.30. The Kier molecular flexibility index (Phi) is 4.19. The molecule has 18 heavy (non-hydrogen) atoms. The Morgan fingerprint density at radius 3 is 2.78 bits per heavy atom. The van der Waals surface area contributed by atoms with Crippen molar-refractivity contribution in [2.24, 2.45) is 0 Å². The SMILES string of the molecule is CCCN(C(=O)c1ccc(Cl)c(F)c1)C1CNC1. The lowest BCUT2D eigenvalue weighted by Crippen LogP contribution is -2.59. The quantitative estimate of drug-likeness (QED) is 0.911. The molecule has 5 heteroatoms. The second kappa shape index (κ2) is 5.67. The first kappa shape index (κ1) is 13.3. The molecule has 1 aromatic rings. The summed E-state index contributed by atoms with van der Waals surface area (Å²) in [6.07, 6.45) is 0.887. The molecule has 0 aliphatic carbocycles. The van der Waals surface area contributed by atoms with Gasteiger partial charge in [-0.25, -0.2) is 4.39 Å². The molecule has 0 unspecified atom stereocenters. The molecule has 2 rings (SSSR count). The van der Waals surface area contributed by atoms with E-state index in [1.165, 1.54) is 12.1 Å². The fourth-order valence-corrected chi connectivity index (χ4v) is 2.10. The van der Waals surface area contributed by atoms with Crippen molar-refractivity contribution in [1.82, 2.24) is 10.2 Å². The van der Waals surface area contributed by atoms with Crippen molar-refractivity contribution in [3.63, 3.8) is 0 Å². The minimum absolute atomic E-state index is 0.0407. The maximum atomic E-state index is 13.4. The Morgan fingerprint density at radius 2 is 2.28 bits per heavy atom. The predicted molar refractivity (Wildman–Crippen MR) is 69.4 cm³/mol. The highest BCUT2D eigenvalue weighted by Gasteiger charge is 2.28. The van der Waals surface area contributed by atoms with Gasteiger partial charge in [0.15, 0.2) is 0 Å². The van der Waals surface area contributed by atoms with Crippen LogP contribution < -0.4 is 5.32 Å². The van der Waals surface area contributed by atoms with Gasteiger partial charge in [-0.2, -0.15) is 0 Å². The lowest BCUT2D eigenvalue weighted by atomic mass is 10.1.